The molecule has 1 aromatic rings. The summed E-state index contributed by atoms with van der Waals surface area (Å²) in [4.78, 5) is 14.4. The number of nitrogen functional groups attached to an aromatic ring is 1. The van der Waals surface area contributed by atoms with E-state index >= 15 is 0 Å². The lowest BCUT2D eigenvalue weighted by molar-refractivity contribution is 0.0942. The van der Waals surface area contributed by atoms with Gasteiger partial charge in [-0.15, -0.1) is 0 Å². The molecule has 4 nitrogen and oxygen atoms in total. The van der Waals surface area contributed by atoms with Crippen LogP contribution in [0.5, 0.6) is 0 Å². The first-order chi connectivity index (χ1) is 9.97. The average molecular weight is 289 g/mol. The Morgan fingerprint density at radius 1 is 1.29 bits per heavy atom. The fourth-order valence-corrected chi connectivity index (χ4v) is 2.99. The standard InChI is InChI=1S/C17H27N3O/c1-12-4-6-13(7-5-12)11-19-17(21)15-10-14(18)8-9-16(15)20(2)3/h8-10,12-13H,4-7,11,18H2,1-3H3,(H,19,21). The molecular weight excluding hydrogens is 262 g/mol. The molecule has 1 aliphatic rings. The van der Waals surface area contributed by atoms with E-state index in [4.69, 9.17) is 5.73 Å². The number of rotatable bonds is 4. The van der Waals surface area contributed by atoms with E-state index in [0.29, 0.717) is 17.2 Å². The normalized spacial score (nSPS) is 21.9. The van der Waals surface area contributed by atoms with E-state index in [-0.39, 0.29) is 5.91 Å². The molecule has 0 bridgehead atoms. The highest BCUT2D eigenvalue weighted by atomic mass is 16.1. The first kappa shape index (κ1) is 15.7. The van der Waals surface area contributed by atoms with Gasteiger partial charge in [0, 0.05) is 32.0 Å². The molecule has 0 saturated heterocycles. The summed E-state index contributed by atoms with van der Waals surface area (Å²) in [6, 6.07) is 5.48. The Bertz CT molecular complexity index is 491. The molecular formula is C17H27N3O. The van der Waals surface area contributed by atoms with Crippen molar-refractivity contribution in [1.82, 2.24) is 5.32 Å². The van der Waals surface area contributed by atoms with E-state index in [1.165, 1.54) is 25.7 Å². The maximum absolute atomic E-state index is 12.4. The Morgan fingerprint density at radius 3 is 2.57 bits per heavy atom. The summed E-state index contributed by atoms with van der Waals surface area (Å²) in [7, 11) is 3.87. The van der Waals surface area contributed by atoms with Crippen molar-refractivity contribution in [1.29, 1.82) is 0 Å². The zero-order valence-electron chi connectivity index (χ0n) is 13.4. The summed E-state index contributed by atoms with van der Waals surface area (Å²) in [6.45, 7) is 3.08. The van der Waals surface area contributed by atoms with E-state index in [0.717, 1.165) is 18.2 Å². The first-order valence-electron chi connectivity index (χ1n) is 7.82. The fourth-order valence-electron chi connectivity index (χ4n) is 2.99. The van der Waals surface area contributed by atoms with Crippen molar-refractivity contribution < 1.29 is 4.79 Å². The van der Waals surface area contributed by atoms with Crippen LogP contribution in [0.1, 0.15) is 43.0 Å². The number of carbonyl (C=O) groups excluding carboxylic acids is 1. The zero-order valence-corrected chi connectivity index (χ0v) is 13.4. The van der Waals surface area contributed by atoms with Gasteiger partial charge in [-0.3, -0.25) is 4.79 Å². The number of nitrogens with one attached hydrogen (secondary N) is 1. The number of carbonyl (C=O) groups is 1. The minimum Gasteiger partial charge on any atom is -0.399 e. The van der Waals surface area contributed by atoms with Gasteiger partial charge in [0.1, 0.15) is 0 Å². The van der Waals surface area contributed by atoms with Gasteiger partial charge in [0.15, 0.2) is 0 Å². The second-order valence-electron chi connectivity index (χ2n) is 6.51. The molecule has 21 heavy (non-hydrogen) atoms. The smallest absolute Gasteiger partial charge is 0.253 e. The largest absolute Gasteiger partial charge is 0.399 e. The quantitative estimate of drug-likeness (QED) is 0.838. The van der Waals surface area contributed by atoms with Crippen LogP contribution in [-0.2, 0) is 0 Å². The lowest BCUT2D eigenvalue weighted by Gasteiger charge is -2.26. The number of benzene rings is 1. The van der Waals surface area contributed by atoms with Gasteiger partial charge in [-0.1, -0.05) is 19.8 Å². The van der Waals surface area contributed by atoms with Crippen LogP contribution >= 0.6 is 0 Å². The topological polar surface area (TPSA) is 58.4 Å². The Labute approximate surface area is 127 Å². The van der Waals surface area contributed by atoms with Gasteiger partial charge in [0.05, 0.1) is 5.56 Å². The van der Waals surface area contributed by atoms with Crippen LogP contribution in [0.2, 0.25) is 0 Å². The predicted octanol–water partition coefficient (Wildman–Crippen LogP) is 2.89. The third-order valence-electron chi connectivity index (χ3n) is 4.43. The Hall–Kier alpha value is -1.71. The Morgan fingerprint density at radius 2 is 1.95 bits per heavy atom. The van der Waals surface area contributed by atoms with Crippen molar-refractivity contribution in [3.63, 3.8) is 0 Å². The molecule has 0 radical (unpaired) electrons. The number of amides is 1. The van der Waals surface area contributed by atoms with E-state index < -0.39 is 0 Å². The molecule has 0 aromatic heterocycles. The molecule has 2 rings (SSSR count). The maximum Gasteiger partial charge on any atom is 0.253 e. The summed E-state index contributed by atoms with van der Waals surface area (Å²) < 4.78 is 0. The van der Waals surface area contributed by atoms with Gasteiger partial charge in [-0.25, -0.2) is 0 Å². The van der Waals surface area contributed by atoms with Crippen LogP contribution in [0.3, 0.4) is 0 Å². The van der Waals surface area contributed by atoms with Crippen molar-refractivity contribution in [3.8, 4) is 0 Å². The summed E-state index contributed by atoms with van der Waals surface area (Å²) in [5, 5.41) is 3.08. The molecule has 1 saturated carbocycles. The molecule has 1 amide bonds. The van der Waals surface area contributed by atoms with E-state index in [1.54, 1.807) is 6.07 Å². The van der Waals surface area contributed by atoms with E-state index in [2.05, 4.69) is 12.2 Å². The maximum atomic E-state index is 12.4. The molecule has 1 aromatic carbocycles. The molecule has 0 spiro atoms. The Balaban J connectivity index is 1.98. The lowest BCUT2D eigenvalue weighted by Crippen LogP contribution is -2.32. The predicted molar refractivity (Wildman–Crippen MR) is 88.6 cm³/mol. The SMILES string of the molecule is CC1CCC(CNC(=O)c2cc(N)ccc2N(C)C)CC1. The molecule has 3 N–H and O–H groups in total. The number of nitrogens with zero attached hydrogens (tertiary/aromatic N) is 1. The highest BCUT2D eigenvalue weighted by Gasteiger charge is 2.20. The van der Waals surface area contributed by atoms with Crippen molar-refractivity contribution in [2.75, 3.05) is 31.3 Å². The van der Waals surface area contributed by atoms with E-state index in [9.17, 15) is 4.79 Å². The van der Waals surface area contributed by atoms with Gasteiger partial charge in [-0.05, 0) is 42.9 Å². The summed E-state index contributed by atoms with van der Waals surface area (Å²) >= 11 is 0. The number of anilines is 2. The molecule has 116 valence electrons. The van der Waals surface area contributed by atoms with Crippen molar-refractivity contribution in [2.24, 2.45) is 11.8 Å². The summed E-state index contributed by atoms with van der Waals surface area (Å²) in [5.41, 5.74) is 8.00. The molecule has 0 atom stereocenters. The minimum absolute atomic E-state index is 0.0235. The monoisotopic (exact) mass is 289 g/mol. The van der Waals surface area contributed by atoms with Crippen molar-refractivity contribution in [3.05, 3.63) is 23.8 Å². The third kappa shape index (κ3) is 4.13. The Kier molecular flexibility index (Phi) is 5.10. The highest BCUT2D eigenvalue weighted by Crippen LogP contribution is 2.28. The van der Waals surface area contributed by atoms with Crippen LogP contribution in [0.15, 0.2) is 18.2 Å². The van der Waals surface area contributed by atoms with Crippen LogP contribution in [0.4, 0.5) is 11.4 Å². The van der Waals surface area contributed by atoms with Crippen LogP contribution < -0.4 is 16.0 Å². The number of nitrogens with two attached hydrogens (primary N) is 1. The second-order valence-corrected chi connectivity index (χ2v) is 6.51. The third-order valence-corrected chi connectivity index (χ3v) is 4.43. The first-order valence-corrected chi connectivity index (χ1v) is 7.82. The van der Waals surface area contributed by atoms with Crippen LogP contribution in [-0.4, -0.2) is 26.5 Å². The molecule has 4 heteroatoms. The van der Waals surface area contributed by atoms with Crippen molar-refractivity contribution in [2.45, 2.75) is 32.6 Å². The van der Waals surface area contributed by atoms with Gasteiger partial charge >= 0.3 is 0 Å². The lowest BCUT2D eigenvalue weighted by atomic mass is 9.83. The van der Waals surface area contributed by atoms with Crippen LogP contribution in [0.25, 0.3) is 0 Å². The average Bonchev–Trinajstić information content (AvgIpc) is 2.46. The van der Waals surface area contributed by atoms with Gasteiger partial charge in [0.25, 0.3) is 5.91 Å². The molecule has 1 aliphatic carbocycles. The van der Waals surface area contributed by atoms with Gasteiger partial charge < -0.3 is 16.0 Å². The van der Waals surface area contributed by atoms with Gasteiger partial charge in [-0.2, -0.15) is 0 Å². The molecule has 0 heterocycles. The highest BCUT2D eigenvalue weighted by molar-refractivity contribution is 6.00. The number of hydrogen-bond donors (Lipinski definition) is 2. The van der Waals surface area contributed by atoms with Crippen LogP contribution in [0, 0.1) is 11.8 Å². The number of hydrogen-bond acceptors (Lipinski definition) is 3. The second kappa shape index (κ2) is 6.83. The summed E-state index contributed by atoms with van der Waals surface area (Å²) in [5.74, 6) is 1.44. The van der Waals surface area contributed by atoms with Crippen molar-refractivity contribution >= 4 is 17.3 Å². The molecule has 1 fully saturated rings. The minimum atomic E-state index is -0.0235. The molecule has 0 unspecified atom stereocenters. The summed E-state index contributed by atoms with van der Waals surface area (Å²) in [6.07, 6.45) is 5.00. The zero-order chi connectivity index (χ0) is 15.4. The fraction of sp³-hybridized carbons (Fsp3) is 0.588. The van der Waals surface area contributed by atoms with Gasteiger partial charge in [0.2, 0.25) is 0 Å². The molecule has 0 aliphatic heterocycles. The van der Waals surface area contributed by atoms with E-state index in [1.807, 2.05) is 31.1 Å².